The summed E-state index contributed by atoms with van der Waals surface area (Å²) in [5, 5.41) is 0. The van der Waals surface area contributed by atoms with E-state index in [1.54, 1.807) is 48.5 Å². The number of phosphoric acid groups is 1. The summed E-state index contributed by atoms with van der Waals surface area (Å²) in [6.07, 6.45) is -14.0. The van der Waals surface area contributed by atoms with Crippen LogP contribution in [0.4, 0.5) is 8.78 Å². The summed E-state index contributed by atoms with van der Waals surface area (Å²) in [7, 11) is -5.33. The van der Waals surface area contributed by atoms with Crippen molar-refractivity contribution >= 4 is 31.8 Å². The van der Waals surface area contributed by atoms with E-state index in [2.05, 4.69) is 0 Å². The number of hydrogen-bond acceptors (Lipinski definition) is 14. The van der Waals surface area contributed by atoms with Crippen LogP contribution in [0.2, 0.25) is 0 Å². The van der Waals surface area contributed by atoms with E-state index in [9.17, 15) is 38.0 Å². The number of halogens is 2. The number of aryl methyl sites for hydroxylation is 1. The fraction of sp³-hybridized carbons (Fsp3) is 0.364. The minimum atomic E-state index is -5.33. The first kappa shape index (κ1) is 40.1. The number of ketones is 1. The molecule has 3 saturated heterocycles. The first-order valence-corrected chi connectivity index (χ1v) is 21.4. The van der Waals surface area contributed by atoms with E-state index >= 15 is 8.78 Å². The number of H-pyrrole nitrogens is 2. The Balaban J connectivity index is 1.21. The summed E-state index contributed by atoms with van der Waals surface area (Å²) < 4.78 is 94.5. The molecule has 0 aliphatic carbocycles. The van der Waals surface area contributed by atoms with E-state index < -0.39 is 99.5 Å². The summed E-state index contributed by atoms with van der Waals surface area (Å²) in [5.41, 5.74) is -1.48. The number of aromatic amines is 2. The third-order valence-corrected chi connectivity index (χ3v) is 13.6. The number of alkyl halides is 2. The number of nitrogens with zero attached hydrogens (tertiary/aromatic N) is 2. The minimum absolute atomic E-state index is 0.143. The van der Waals surface area contributed by atoms with Crippen molar-refractivity contribution in [2.24, 2.45) is 0 Å². The number of aromatic nitrogens is 4. The van der Waals surface area contributed by atoms with Gasteiger partial charge in [0, 0.05) is 41.4 Å². The molecule has 0 radical (unpaired) electrons. The van der Waals surface area contributed by atoms with Crippen LogP contribution in [0, 0.1) is 6.92 Å². The lowest BCUT2D eigenvalue weighted by Gasteiger charge is -2.27. The van der Waals surface area contributed by atoms with Crippen molar-refractivity contribution in [3.63, 3.8) is 0 Å². The van der Waals surface area contributed by atoms with Gasteiger partial charge in [0.1, 0.15) is 24.4 Å². The zero-order valence-corrected chi connectivity index (χ0v) is 31.5. The SMILES string of the molecule is Cc1ccc(C(=O)c2ccc(CSP3(=O)OC[C@H]4O[C@@H](n5ccc(=O)[nH]c5=O)[C@H](OP(=O)(O)OC[C@H]5O[C@@H](n6ccc(=O)[nH]c6=O)[C@H](O3)[C@@H]5F)[C@@H]4F)cc2)cc1. The highest BCUT2D eigenvalue weighted by atomic mass is 32.7. The van der Waals surface area contributed by atoms with E-state index in [1.807, 2.05) is 16.9 Å². The van der Waals surface area contributed by atoms with Gasteiger partial charge in [0.25, 0.3) is 11.1 Å². The highest BCUT2D eigenvalue weighted by molar-refractivity contribution is 8.54. The number of carbonyl (C=O) groups excluding carboxylic acids is 1. The molecule has 2 aromatic carbocycles. The first-order valence-electron chi connectivity index (χ1n) is 16.8. The van der Waals surface area contributed by atoms with Crippen LogP contribution in [0.3, 0.4) is 0 Å². The molecule has 5 heterocycles. The average Bonchev–Trinajstić information content (AvgIpc) is 3.62. The molecule has 4 bridgehead atoms. The minimum Gasteiger partial charge on any atom is -0.346 e. The fourth-order valence-corrected chi connectivity index (χ4v) is 10.4. The molecule has 7 rings (SSSR count). The number of ether oxygens (including phenoxy) is 2. The number of nitrogens with one attached hydrogen (secondary N) is 2. The Hall–Kier alpha value is -4.14. The maximum atomic E-state index is 16.3. The molecule has 56 heavy (non-hydrogen) atoms. The summed E-state index contributed by atoms with van der Waals surface area (Å²) >= 11 is 0.536. The Morgan fingerprint density at radius 2 is 1.25 bits per heavy atom. The summed E-state index contributed by atoms with van der Waals surface area (Å²) in [5.74, 6) is -0.387. The zero-order chi connectivity index (χ0) is 39.9. The molecule has 3 aliphatic heterocycles. The second-order valence-corrected chi connectivity index (χ2v) is 18.3. The standard InChI is InChI=1S/C33H32F2N4O14P2S/c1-17-2-6-19(7-3-17)27(42)20-8-4-18(5-9-20)16-56-55(47)49-15-22-25(34)28(30(51-22)38-12-10-23(40)36-32(38)43)52-54(45,46)48-14-21-26(35)29(53-55)31(50-21)39-13-11-24(41)37-33(39)44/h2-13,21-22,25-26,28-31H,14-16H2,1H3,(H,45,46)(H,36,40,43)(H,37,41,44)/t21-,22-,25-,26-,28-,29-,30-,31-,55?/m1/s1. The van der Waals surface area contributed by atoms with Crippen molar-refractivity contribution in [2.45, 2.75) is 61.9 Å². The molecule has 10 atom stereocenters. The number of carbonyl (C=O) groups is 1. The Morgan fingerprint density at radius 3 is 1.77 bits per heavy atom. The predicted molar refractivity (Wildman–Crippen MR) is 192 cm³/mol. The van der Waals surface area contributed by atoms with Crippen LogP contribution in [0.15, 0.2) is 92.2 Å². The fourth-order valence-electron chi connectivity index (χ4n) is 6.13. The maximum Gasteiger partial charge on any atom is 0.472 e. The van der Waals surface area contributed by atoms with Gasteiger partial charge in [0.05, 0.1) is 13.2 Å². The summed E-state index contributed by atoms with van der Waals surface area (Å²) in [6, 6.07) is 15.1. The first-order chi connectivity index (χ1) is 26.6. The van der Waals surface area contributed by atoms with Gasteiger partial charge < -0.3 is 14.4 Å². The molecule has 3 fully saturated rings. The normalized spacial score (nSPS) is 32.1. The zero-order valence-electron chi connectivity index (χ0n) is 28.9. The van der Waals surface area contributed by atoms with Gasteiger partial charge in [-0.05, 0) is 23.9 Å². The number of phosphoric ester groups is 1. The van der Waals surface area contributed by atoms with Crippen LogP contribution >= 0.6 is 26.0 Å². The lowest BCUT2D eigenvalue weighted by atomic mass is 10.0. The van der Waals surface area contributed by atoms with Crippen molar-refractivity contribution in [1.82, 2.24) is 19.1 Å². The van der Waals surface area contributed by atoms with Gasteiger partial charge in [-0.3, -0.25) is 51.6 Å². The molecule has 18 nitrogen and oxygen atoms in total. The van der Waals surface area contributed by atoms with Gasteiger partial charge in [0.15, 0.2) is 30.6 Å². The Kier molecular flexibility index (Phi) is 11.5. The monoisotopic (exact) mass is 840 g/mol. The molecule has 23 heteroatoms. The van der Waals surface area contributed by atoms with Crippen LogP contribution in [0.5, 0.6) is 0 Å². The number of hydrogen-bond donors (Lipinski definition) is 3. The third-order valence-electron chi connectivity index (χ3n) is 9.00. The van der Waals surface area contributed by atoms with E-state index in [4.69, 9.17) is 27.6 Å². The van der Waals surface area contributed by atoms with E-state index in [0.717, 1.165) is 34.7 Å². The second kappa shape index (κ2) is 16.0. The van der Waals surface area contributed by atoms with Gasteiger partial charge in [-0.1, -0.05) is 54.1 Å². The number of fused-ring (bicyclic) bond motifs is 4. The van der Waals surface area contributed by atoms with Crippen LogP contribution in [-0.4, -0.2) is 79.8 Å². The highest BCUT2D eigenvalue weighted by Gasteiger charge is 2.55. The Bertz CT molecular complexity index is 2450. The maximum absolute atomic E-state index is 16.3. The molecule has 3 N–H and O–H groups in total. The number of rotatable bonds is 7. The molecule has 3 aliphatic rings. The molecular weight excluding hydrogens is 808 g/mol. The Morgan fingerprint density at radius 1 is 0.768 bits per heavy atom. The molecular formula is C33H32F2N4O14P2S. The van der Waals surface area contributed by atoms with Gasteiger partial charge in [-0.25, -0.2) is 27.5 Å². The largest absolute Gasteiger partial charge is 0.472 e. The molecule has 4 aromatic rings. The van der Waals surface area contributed by atoms with Crippen molar-refractivity contribution in [2.75, 3.05) is 13.2 Å². The number of benzene rings is 2. The molecule has 0 spiro atoms. The summed E-state index contributed by atoms with van der Waals surface area (Å²) in [6.45, 7) is -4.81. The van der Waals surface area contributed by atoms with Crippen LogP contribution in [0.1, 0.15) is 39.5 Å². The van der Waals surface area contributed by atoms with Crippen LogP contribution < -0.4 is 22.5 Å². The van der Waals surface area contributed by atoms with Crippen LogP contribution in [0.25, 0.3) is 0 Å². The molecule has 0 amide bonds. The Labute approximate surface area is 317 Å². The van der Waals surface area contributed by atoms with Gasteiger partial charge in [-0.2, -0.15) is 0 Å². The molecule has 2 aromatic heterocycles. The van der Waals surface area contributed by atoms with E-state index in [-0.39, 0.29) is 11.5 Å². The van der Waals surface area contributed by atoms with Gasteiger partial charge in [0.2, 0.25) is 0 Å². The molecule has 2 unspecified atom stereocenters. The van der Waals surface area contributed by atoms with Crippen molar-refractivity contribution in [1.29, 1.82) is 0 Å². The second-order valence-electron chi connectivity index (χ2n) is 12.9. The predicted octanol–water partition coefficient (Wildman–Crippen LogP) is 3.06. The van der Waals surface area contributed by atoms with Gasteiger partial charge in [-0.15, -0.1) is 0 Å². The lowest BCUT2D eigenvalue weighted by Crippen LogP contribution is -2.38. The smallest absolute Gasteiger partial charge is 0.346 e. The third kappa shape index (κ3) is 8.57. The lowest BCUT2D eigenvalue weighted by molar-refractivity contribution is -0.0667. The topological polar surface area (TPSA) is 237 Å². The van der Waals surface area contributed by atoms with Crippen molar-refractivity contribution in [3.05, 3.63) is 137 Å². The van der Waals surface area contributed by atoms with Crippen LogP contribution in [-0.2, 0) is 42.5 Å². The van der Waals surface area contributed by atoms with Gasteiger partial charge >= 0.3 is 26.0 Å². The van der Waals surface area contributed by atoms with E-state index in [0.29, 0.717) is 32.6 Å². The average molecular weight is 841 g/mol. The summed E-state index contributed by atoms with van der Waals surface area (Å²) in [4.78, 5) is 76.5. The highest BCUT2D eigenvalue weighted by Crippen LogP contribution is 2.65. The van der Waals surface area contributed by atoms with E-state index in [1.165, 1.54) is 0 Å². The quantitative estimate of drug-likeness (QED) is 0.179. The van der Waals surface area contributed by atoms with Crippen molar-refractivity contribution < 1.29 is 55.2 Å². The van der Waals surface area contributed by atoms with Crippen molar-refractivity contribution in [3.8, 4) is 0 Å². The molecule has 298 valence electrons. The molecule has 0 saturated carbocycles.